The second-order valence-corrected chi connectivity index (χ2v) is 3.44. The second-order valence-electron chi connectivity index (χ2n) is 3.44. The maximum Gasteiger partial charge on any atom is 0.308 e. The van der Waals surface area contributed by atoms with E-state index in [0.717, 1.165) is 19.3 Å². The Morgan fingerprint density at radius 2 is 1.93 bits per heavy atom. The Bertz CT molecular complexity index is 171. The molecule has 0 saturated heterocycles. The molecule has 2 atom stereocenters. The van der Waals surface area contributed by atoms with Crippen molar-refractivity contribution in [2.45, 2.75) is 51.4 Å². The minimum atomic E-state index is -1.63. The molecule has 0 aromatic rings. The Hall–Kier alpha value is -0.650. The van der Waals surface area contributed by atoms with Gasteiger partial charge in [-0.3, -0.25) is 4.79 Å². The van der Waals surface area contributed by atoms with Gasteiger partial charge in [-0.1, -0.05) is 26.2 Å². The maximum absolute atomic E-state index is 11.1. The van der Waals surface area contributed by atoms with Crippen molar-refractivity contribution in [2.24, 2.45) is 0 Å². The normalized spacial score (nSPS) is 14.7. The Morgan fingerprint density at radius 3 is 2.47 bits per heavy atom. The predicted molar refractivity (Wildman–Crippen MR) is 54.0 cm³/mol. The first-order valence-electron chi connectivity index (χ1n) is 5.28. The zero-order chi connectivity index (χ0) is 11.7. The summed E-state index contributed by atoms with van der Waals surface area (Å²) in [5.74, 6) is -0.550. The molecule has 5 nitrogen and oxygen atoms in total. The van der Waals surface area contributed by atoms with Crippen LogP contribution in [0.3, 0.4) is 0 Å². The van der Waals surface area contributed by atoms with Gasteiger partial charge >= 0.3 is 5.97 Å². The summed E-state index contributed by atoms with van der Waals surface area (Å²) in [6.45, 7) is 1.43. The molecule has 0 fully saturated rings. The molecule has 0 aliphatic carbocycles. The highest BCUT2D eigenvalue weighted by Gasteiger charge is 2.19. The van der Waals surface area contributed by atoms with E-state index in [0.29, 0.717) is 6.42 Å². The van der Waals surface area contributed by atoms with Crippen LogP contribution in [0.2, 0.25) is 0 Å². The number of rotatable bonds is 8. The van der Waals surface area contributed by atoms with Gasteiger partial charge in [0.2, 0.25) is 6.29 Å². The molecule has 3 N–H and O–H groups in total. The highest BCUT2D eigenvalue weighted by Crippen LogP contribution is 2.05. The average molecular weight is 220 g/mol. The third-order valence-corrected chi connectivity index (χ3v) is 2.00. The first-order chi connectivity index (χ1) is 7.11. The Morgan fingerprint density at radius 1 is 1.27 bits per heavy atom. The maximum atomic E-state index is 11.1. The number of carbonyl (C=O) groups is 1. The fraction of sp³-hybridized carbons (Fsp3) is 0.900. The molecule has 0 aliphatic rings. The molecular weight excluding hydrogens is 200 g/mol. The van der Waals surface area contributed by atoms with E-state index in [2.05, 4.69) is 11.7 Å². The minimum Gasteiger partial charge on any atom is -0.433 e. The lowest BCUT2D eigenvalue weighted by Gasteiger charge is -2.15. The van der Waals surface area contributed by atoms with E-state index in [1.807, 2.05) is 0 Å². The van der Waals surface area contributed by atoms with Crippen molar-refractivity contribution >= 4 is 5.97 Å². The number of hydrogen-bond acceptors (Lipinski definition) is 5. The van der Waals surface area contributed by atoms with Crippen LogP contribution in [-0.2, 0) is 9.53 Å². The van der Waals surface area contributed by atoms with Gasteiger partial charge < -0.3 is 20.1 Å². The van der Waals surface area contributed by atoms with E-state index in [-0.39, 0.29) is 6.42 Å². The summed E-state index contributed by atoms with van der Waals surface area (Å²) in [5.41, 5.74) is 0. The van der Waals surface area contributed by atoms with Crippen LogP contribution in [0.5, 0.6) is 0 Å². The van der Waals surface area contributed by atoms with E-state index < -0.39 is 25.0 Å². The molecule has 0 rings (SSSR count). The first-order valence-corrected chi connectivity index (χ1v) is 5.28. The summed E-state index contributed by atoms with van der Waals surface area (Å²) in [5, 5.41) is 26.4. The molecule has 90 valence electrons. The van der Waals surface area contributed by atoms with Crippen LogP contribution in [0.1, 0.15) is 39.0 Å². The van der Waals surface area contributed by atoms with E-state index in [1.54, 1.807) is 0 Å². The number of hydrogen-bond donors (Lipinski definition) is 3. The topological polar surface area (TPSA) is 87.0 Å². The molecule has 0 aromatic carbocycles. The van der Waals surface area contributed by atoms with Crippen LogP contribution < -0.4 is 0 Å². The van der Waals surface area contributed by atoms with Crippen molar-refractivity contribution in [3.63, 3.8) is 0 Å². The molecule has 0 radical (unpaired) electrons. The van der Waals surface area contributed by atoms with E-state index >= 15 is 0 Å². The molecular formula is C10H20O5. The Balaban J connectivity index is 3.55. The van der Waals surface area contributed by atoms with Crippen molar-refractivity contribution in [3.8, 4) is 0 Å². The molecule has 5 heteroatoms. The van der Waals surface area contributed by atoms with Crippen molar-refractivity contribution in [2.75, 3.05) is 6.61 Å². The molecule has 0 aromatic heterocycles. The number of aliphatic hydroxyl groups excluding tert-OH is 3. The number of esters is 1. The van der Waals surface area contributed by atoms with Crippen LogP contribution >= 0.6 is 0 Å². The lowest BCUT2D eigenvalue weighted by molar-refractivity contribution is -0.190. The number of aliphatic hydroxyl groups is 3. The fourth-order valence-corrected chi connectivity index (χ4v) is 1.06. The smallest absolute Gasteiger partial charge is 0.308 e. The summed E-state index contributed by atoms with van der Waals surface area (Å²) in [7, 11) is 0. The lowest BCUT2D eigenvalue weighted by atomic mass is 10.1. The second kappa shape index (κ2) is 8.64. The van der Waals surface area contributed by atoms with Crippen LogP contribution in [-0.4, -0.2) is 40.3 Å². The van der Waals surface area contributed by atoms with E-state index in [9.17, 15) is 4.79 Å². The highest BCUT2D eigenvalue weighted by molar-refractivity contribution is 5.69. The van der Waals surface area contributed by atoms with Gasteiger partial charge in [-0.25, -0.2) is 0 Å². The molecule has 0 aliphatic heterocycles. The molecule has 0 bridgehead atoms. The van der Waals surface area contributed by atoms with Gasteiger partial charge in [0.15, 0.2) is 0 Å². The SMILES string of the molecule is CCCCCCC(=O)OC(O)C(O)CO. The van der Waals surface area contributed by atoms with Crippen molar-refractivity contribution in [1.82, 2.24) is 0 Å². The van der Waals surface area contributed by atoms with Gasteiger partial charge in [0.05, 0.1) is 6.61 Å². The summed E-state index contributed by atoms with van der Waals surface area (Å²) >= 11 is 0. The fourth-order valence-electron chi connectivity index (χ4n) is 1.06. The van der Waals surface area contributed by atoms with E-state index in [1.165, 1.54) is 0 Å². The summed E-state index contributed by atoms with van der Waals surface area (Å²) in [6.07, 6.45) is 0.989. The first kappa shape index (κ1) is 14.3. The standard InChI is InChI=1S/C10H20O5/c1-2-3-4-5-6-9(13)15-10(14)8(12)7-11/h8,10-12,14H,2-7H2,1H3. The number of unbranched alkanes of at least 4 members (excludes halogenated alkanes) is 3. The minimum absolute atomic E-state index is 0.231. The van der Waals surface area contributed by atoms with Crippen LogP contribution in [0.15, 0.2) is 0 Å². The van der Waals surface area contributed by atoms with Crippen molar-refractivity contribution < 1.29 is 24.9 Å². The van der Waals surface area contributed by atoms with Crippen LogP contribution in [0, 0.1) is 0 Å². The molecule has 0 spiro atoms. The van der Waals surface area contributed by atoms with Gasteiger partial charge in [0, 0.05) is 6.42 Å². The summed E-state index contributed by atoms with van der Waals surface area (Å²) in [6, 6.07) is 0. The zero-order valence-corrected chi connectivity index (χ0v) is 9.06. The van der Waals surface area contributed by atoms with Gasteiger partial charge in [-0.05, 0) is 6.42 Å². The molecule has 0 saturated carbocycles. The third-order valence-electron chi connectivity index (χ3n) is 2.00. The third kappa shape index (κ3) is 7.30. The summed E-state index contributed by atoms with van der Waals surface area (Å²) < 4.78 is 4.49. The van der Waals surface area contributed by atoms with Gasteiger partial charge in [-0.15, -0.1) is 0 Å². The quantitative estimate of drug-likeness (QED) is 0.308. The molecule has 0 heterocycles. The van der Waals surface area contributed by atoms with Gasteiger partial charge in [0.25, 0.3) is 0 Å². The lowest BCUT2D eigenvalue weighted by Crippen LogP contribution is -2.33. The van der Waals surface area contributed by atoms with Crippen molar-refractivity contribution in [1.29, 1.82) is 0 Å². The van der Waals surface area contributed by atoms with Gasteiger partial charge in [0.1, 0.15) is 6.10 Å². The average Bonchev–Trinajstić information content (AvgIpc) is 2.23. The Kier molecular flexibility index (Phi) is 8.27. The highest BCUT2D eigenvalue weighted by atomic mass is 16.6. The van der Waals surface area contributed by atoms with Gasteiger partial charge in [-0.2, -0.15) is 0 Å². The predicted octanol–water partition coefficient (Wildman–Crippen LogP) is 0.172. The van der Waals surface area contributed by atoms with E-state index in [4.69, 9.17) is 15.3 Å². The Labute approximate surface area is 89.7 Å². The molecule has 2 unspecified atom stereocenters. The molecule has 0 amide bonds. The number of carbonyl (C=O) groups excluding carboxylic acids is 1. The van der Waals surface area contributed by atoms with Crippen LogP contribution in [0.4, 0.5) is 0 Å². The zero-order valence-electron chi connectivity index (χ0n) is 9.06. The van der Waals surface area contributed by atoms with Crippen LogP contribution in [0.25, 0.3) is 0 Å². The number of ether oxygens (including phenoxy) is 1. The molecule has 15 heavy (non-hydrogen) atoms. The van der Waals surface area contributed by atoms with Crippen molar-refractivity contribution in [3.05, 3.63) is 0 Å². The monoisotopic (exact) mass is 220 g/mol. The summed E-state index contributed by atoms with van der Waals surface area (Å²) in [4.78, 5) is 11.1. The largest absolute Gasteiger partial charge is 0.433 e.